The maximum atomic E-state index is 13.1. The Morgan fingerprint density at radius 3 is 2.49 bits per heavy atom. The summed E-state index contributed by atoms with van der Waals surface area (Å²) in [6.07, 6.45) is 2.32. The summed E-state index contributed by atoms with van der Waals surface area (Å²) in [6.45, 7) is 0.521. The largest absolute Gasteiger partial charge is 0.326 e. The molecule has 3 aromatic rings. The number of hydrogen-bond donors (Lipinski definition) is 3. The number of nitrogens with zero attached hydrogens (tertiary/aromatic N) is 3. The van der Waals surface area contributed by atoms with Gasteiger partial charge in [0.05, 0.1) is 11.9 Å². The molecule has 10 nitrogen and oxygen atoms in total. The zero-order valence-electron chi connectivity index (χ0n) is 18.7. The zero-order valence-corrected chi connectivity index (χ0v) is 20.3. The van der Waals surface area contributed by atoms with Gasteiger partial charge < -0.3 is 10.2 Å². The third-order valence-electron chi connectivity index (χ3n) is 5.33. The number of sulfonamides is 1. The fourth-order valence-corrected chi connectivity index (χ4v) is 4.48. The first-order chi connectivity index (χ1) is 16.7. The van der Waals surface area contributed by atoms with Crippen LogP contribution in [0.5, 0.6) is 0 Å². The highest BCUT2D eigenvalue weighted by atomic mass is 35.5. The lowest BCUT2D eigenvalue weighted by molar-refractivity contribution is -0.121. The Bertz CT molecular complexity index is 1330. The molecule has 3 N–H and O–H groups in total. The lowest BCUT2D eigenvalue weighted by Gasteiger charge is -2.32. The number of amides is 3. The Morgan fingerprint density at radius 2 is 1.80 bits per heavy atom. The van der Waals surface area contributed by atoms with Crippen LogP contribution in [0, 0.1) is 0 Å². The van der Waals surface area contributed by atoms with Crippen molar-refractivity contribution in [3.8, 4) is 11.1 Å². The average Bonchev–Trinajstić information content (AvgIpc) is 2.81. The van der Waals surface area contributed by atoms with Gasteiger partial charge in [-0.15, -0.1) is 10.2 Å². The Hall–Kier alpha value is -3.70. The number of aromatic nitrogens is 2. The number of carbonyl (C=O) groups excluding carboxylic acids is 2. The zero-order chi connectivity index (χ0) is 25.0. The highest BCUT2D eigenvalue weighted by molar-refractivity contribution is 7.92. The van der Waals surface area contributed by atoms with Crippen LogP contribution in [0.4, 0.5) is 22.0 Å². The summed E-state index contributed by atoms with van der Waals surface area (Å²) in [7, 11) is -3.43. The van der Waals surface area contributed by atoms with Gasteiger partial charge in [-0.3, -0.25) is 14.8 Å². The maximum absolute atomic E-state index is 13.1. The molecule has 0 spiro atoms. The summed E-state index contributed by atoms with van der Waals surface area (Å²) < 4.78 is 25.9. The van der Waals surface area contributed by atoms with Gasteiger partial charge in [0.15, 0.2) is 11.0 Å². The molecule has 0 saturated carbocycles. The van der Waals surface area contributed by atoms with E-state index in [1.54, 1.807) is 29.2 Å². The molecule has 1 aliphatic heterocycles. The Balaban J connectivity index is 1.45. The van der Waals surface area contributed by atoms with Gasteiger partial charge in [0, 0.05) is 17.8 Å². The second kappa shape index (κ2) is 10.3. The van der Waals surface area contributed by atoms with Gasteiger partial charge in [-0.1, -0.05) is 41.9 Å². The number of rotatable bonds is 6. The highest BCUT2D eigenvalue weighted by Crippen LogP contribution is 2.31. The van der Waals surface area contributed by atoms with Gasteiger partial charge in [-0.05, 0) is 48.7 Å². The molecule has 12 heteroatoms. The minimum atomic E-state index is -3.43. The lowest BCUT2D eigenvalue weighted by Crippen LogP contribution is -2.53. The predicted octanol–water partition coefficient (Wildman–Crippen LogP) is 3.49. The molecular weight excluding hydrogens is 492 g/mol. The third-order valence-corrected chi connectivity index (χ3v) is 6.12. The minimum Gasteiger partial charge on any atom is -0.326 e. The minimum absolute atomic E-state index is 0.204. The van der Waals surface area contributed by atoms with Crippen LogP contribution in [0.1, 0.15) is 12.8 Å². The number of nitrogens with one attached hydrogen (secondary N) is 3. The lowest BCUT2D eigenvalue weighted by atomic mass is 10.0. The van der Waals surface area contributed by atoms with E-state index in [1.165, 1.54) is 12.1 Å². The monoisotopic (exact) mass is 514 g/mol. The average molecular weight is 515 g/mol. The number of para-hydroxylation sites is 1. The molecule has 0 unspecified atom stereocenters. The van der Waals surface area contributed by atoms with E-state index in [2.05, 4.69) is 25.6 Å². The molecule has 1 fully saturated rings. The van der Waals surface area contributed by atoms with Gasteiger partial charge >= 0.3 is 6.03 Å². The standard InChI is InChI=1S/C23H23ClN6O4S/c1-35(33,34)29-18-6-3-2-5-17(18)15-8-10-16(11-9-15)30-14-4-7-19(22(30)31)25-23(32)26-21-13-12-20(24)27-28-21/h2-3,5-6,8-13,19,29H,4,7,14H2,1H3,(H2,25,26,28,32)/t19-/m1/s1. The molecule has 1 atom stereocenters. The van der Waals surface area contributed by atoms with Crippen molar-refractivity contribution < 1.29 is 18.0 Å². The first kappa shape index (κ1) is 24.4. The number of hydrogen-bond acceptors (Lipinski definition) is 6. The van der Waals surface area contributed by atoms with Crippen LogP contribution < -0.4 is 20.3 Å². The van der Waals surface area contributed by atoms with Crippen LogP contribution in [0.3, 0.4) is 0 Å². The molecule has 1 saturated heterocycles. The van der Waals surface area contributed by atoms with Crippen molar-refractivity contribution in [2.75, 3.05) is 27.7 Å². The van der Waals surface area contributed by atoms with Crippen molar-refractivity contribution in [1.82, 2.24) is 15.5 Å². The van der Waals surface area contributed by atoms with Crippen LogP contribution in [0.25, 0.3) is 11.1 Å². The molecule has 1 aliphatic rings. The van der Waals surface area contributed by atoms with Crippen molar-refractivity contribution >= 4 is 50.8 Å². The Morgan fingerprint density at radius 1 is 1.06 bits per heavy atom. The Labute approximate surface area is 207 Å². The van der Waals surface area contributed by atoms with Crippen LogP contribution in [-0.2, 0) is 14.8 Å². The molecule has 1 aromatic heterocycles. The normalized spacial score (nSPS) is 16.0. The first-order valence-electron chi connectivity index (χ1n) is 10.7. The molecule has 0 bridgehead atoms. The Kier molecular flexibility index (Phi) is 7.17. The maximum Gasteiger partial charge on any atom is 0.321 e. The third kappa shape index (κ3) is 6.25. The molecule has 3 amide bonds. The van der Waals surface area contributed by atoms with Gasteiger partial charge in [-0.25, -0.2) is 13.2 Å². The summed E-state index contributed by atoms with van der Waals surface area (Å²) in [5, 5.41) is 12.9. The van der Waals surface area contributed by atoms with E-state index < -0.39 is 22.1 Å². The van der Waals surface area contributed by atoms with Gasteiger partial charge in [-0.2, -0.15) is 0 Å². The van der Waals surface area contributed by atoms with Crippen LogP contribution in [0.15, 0.2) is 60.7 Å². The molecule has 35 heavy (non-hydrogen) atoms. The summed E-state index contributed by atoms with van der Waals surface area (Å²) in [6, 6.07) is 16.1. The van der Waals surface area contributed by atoms with Gasteiger partial charge in [0.25, 0.3) is 0 Å². The summed E-state index contributed by atoms with van der Waals surface area (Å²) in [5.41, 5.74) is 2.67. The van der Waals surface area contributed by atoms with Crippen LogP contribution >= 0.6 is 11.6 Å². The van der Waals surface area contributed by atoms with E-state index in [0.29, 0.717) is 30.8 Å². The van der Waals surface area contributed by atoms with E-state index in [-0.39, 0.29) is 16.9 Å². The first-order valence-corrected chi connectivity index (χ1v) is 13.0. The number of anilines is 3. The van der Waals surface area contributed by atoms with Gasteiger partial charge in [0.1, 0.15) is 6.04 Å². The topological polar surface area (TPSA) is 133 Å². The molecule has 182 valence electrons. The number of urea groups is 1. The molecule has 0 aliphatic carbocycles. The van der Waals surface area contributed by atoms with E-state index in [0.717, 1.165) is 17.4 Å². The predicted molar refractivity (Wildman–Crippen MR) is 135 cm³/mol. The molecule has 4 rings (SSSR count). The molecule has 2 heterocycles. The fourth-order valence-electron chi connectivity index (χ4n) is 3.80. The van der Waals surface area contributed by atoms with E-state index in [9.17, 15) is 18.0 Å². The van der Waals surface area contributed by atoms with Crippen molar-refractivity contribution in [1.29, 1.82) is 0 Å². The number of piperidine rings is 1. The van der Waals surface area contributed by atoms with Crippen molar-refractivity contribution in [2.45, 2.75) is 18.9 Å². The van der Waals surface area contributed by atoms with Crippen LogP contribution in [-0.4, -0.2) is 49.4 Å². The van der Waals surface area contributed by atoms with Crippen LogP contribution in [0.2, 0.25) is 5.15 Å². The van der Waals surface area contributed by atoms with Crippen molar-refractivity contribution in [3.05, 3.63) is 65.8 Å². The number of halogens is 1. The second-order valence-corrected chi connectivity index (χ2v) is 10.1. The summed E-state index contributed by atoms with van der Waals surface area (Å²) in [5.74, 6) is -0.00580. The molecule has 0 radical (unpaired) electrons. The van der Waals surface area contributed by atoms with Crippen molar-refractivity contribution in [3.63, 3.8) is 0 Å². The van der Waals surface area contributed by atoms with Crippen molar-refractivity contribution in [2.24, 2.45) is 0 Å². The van der Waals surface area contributed by atoms with E-state index in [1.807, 2.05) is 24.3 Å². The van der Waals surface area contributed by atoms with E-state index in [4.69, 9.17) is 11.6 Å². The number of carbonyl (C=O) groups is 2. The summed E-state index contributed by atoms with van der Waals surface area (Å²) >= 11 is 5.70. The smallest absolute Gasteiger partial charge is 0.321 e. The van der Waals surface area contributed by atoms with Gasteiger partial charge in [0.2, 0.25) is 15.9 Å². The second-order valence-electron chi connectivity index (χ2n) is 7.99. The highest BCUT2D eigenvalue weighted by Gasteiger charge is 2.31. The summed E-state index contributed by atoms with van der Waals surface area (Å²) in [4.78, 5) is 27.1. The SMILES string of the molecule is CS(=O)(=O)Nc1ccccc1-c1ccc(N2CCC[C@@H](NC(=O)Nc3ccc(Cl)nn3)C2=O)cc1. The fraction of sp³-hybridized carbons (Fsp3) is 0.217. The van der Waals surface area contributed by atoms with E-state index >= 15 is 0 Å². The molecule has 2 aromatic carbocycles. The quantitative estimate of drug-likeness (QED) is 0.461. The number of benzene rings is 2. The molecular formula is C23H23ClN6O4S.